The zero-order valence-corrected chi connectivity index (χ0v) is 11.7. The third-order valence-corrected chi connectivity index (χ3v) is 3.91. The first-order valence-electron chi connectivity index (χ1n) is 6.79. The molecular formula is C14H27F2N. The predicted octanol–water partition coefficient (Wildman–Crippen LogP) is 4.23. The molecule has 3 heteroatoms. The zero-order valence-electron chi connectivity index (χ0n) is 11.7. The summed E-state index contributed by atoms with van der Waals surface area (Å²) in [6, 6.07) is 0.408. The van der Waals surface area contributed by atoms with Crippen LogP contribution in [0, 0.1) is 11.3 Å². The second-order valence-corrected chi connectivity index (χ2v) is 6.69. The van der Waals surface area contributed by atoms with Gasteiger partial charge in [0.2, 0.25) is 5.92 Å². The Morgan fingerprint density at radius 2 is 1.76 bits per heavy atom. The molecule has 1 N–H and O–H groups in total. The highest BCUT2D eigenvalue weighted by Crippen LogP contribution is 2.38. The van der Waals surface area contributed by atoms with Crippen LogP contribution < -0.4 is 5.32 Å². The van der Waals surface area contributed by atoms with Crippen LogP contribution in [0.1, 0.15) is 59.3 Å². The van der Waals surface area contributed by atoms with E-state index in [1.807, 2.05) is 7.05 Å². The lowest BCUT2D eigenvalue weighted by atomic mass is 9.78. The Kier molecular flexibility index (Phi) is 4.94. The Balaban J connectivity index is 2.41. The van der Waals surface area contributed by atoms with E-state index in [0.29, 0.717) is 30.2 Å². The van der Waals surface area contributed by atoms with Gasteiger partial charge in [-0.05, 0) is 44.1 Å². The van der Waals surface area contributed by atoms with Gasteiger partial charge in [-0.2, -0.15) is 0 Å². The molecule has 1 unspecified atom stereocenters. The van der Waals surface area contributed by atoms with E-state index in [1.165, 1.54) is 0 Å². The van der Waals surface area contributed by atoms with Crippen molar-refractivity contribution in [2.75, 3.05) is 7.05 Å². The van der Waals surface area contributed by atoms with Crippen LogP contribution >= 0.6 is 0 Å². The van der Waals surface area contributed by atoms with Crippen LogP contribution in [0.4, 0.5) is 8.78 Å². The molecule has 0 saturated heterocycles. The molecule has 1 rings (SSSR count). The van der Waals surface area contributed by atoms with Crippen LogP contribution in [0.25, 0.3) is 0 Å². The standard InChI is InChI=1S/C14H27F2N/c1-13(2,3)8-7-12(17-4)11-5-9-14(15,16)10-6-11/h11-12,17H,5-10H2,1-4H3. The fraction of sp³-hybridized carbons (Fsp3) is 1.00. The molecule has 17 heavy (non-hydrogen) atoms. The first-order valence-corrected chi connectivity index (χ1v) is 6.79. The lowest BCUT2D eigenvalue weighted by Gasteiger charge is -2.34. The highest BCUT2D eigenvalue weighted by molar-refractivity contribution is 4.85. The smallest absolute Gasteiger partial charge is 0.248 e. The number of hydrogen-bond donors (Lipinski definition) is 1. The van der Waals surface area contributed by atoms with Gasteiger partial charge >= 0.3 is 0 Å². The van der Waals surface area contributed by atoms with Crippen LogP contribution in [-0.2, 0) is 0 Å². The van der Waals surface area contributed by atoms with Crippen LogP contribution in [0.2, 0.25) is 0 Å². The highest BCUT2D eigenvalue weighted by Gasteiger charge is 2.37. The second kappa shape index (κ2) is 5.64. The van der Waals surface area contributed by atoms with E-state index in [9.17, 15) is 8.78 Å². The van der Waals surface area contributed by atoms with Gasteiger partial charge in [0, 0.05) is 18.9 Å². The minimum absolute atomic E-state index is 0.0748. The van der Waals surface area contributed by atoms with Gasteiger partial charge in [0.25, 0.3) is 0 Å². The van der Waals surface area contributed by atoms with Crippen LogP contribution in [0.5, 0.6) is 0 Å². The molecule has 102 valence electrons. The lowest BCUT2D eigenvalue weighted by molar-refractivity contribution is -0.0499. The van der Waals surface area contributed by atoms with Crippen LogP contribution in [-0.4, -0.2) is 19.0 Å². The maximum Gasteiger partial charge on any atom is 0.248 e. The molecule has 1 saturated carbocycles. The number of halogens is 2. The second-order valence-electron chi connectivity index (χ2n) is 6.69. The third-order valence-electron chi connectivity index (χ3n) is 3.91. The molecule has 0 bridgehead atoms. The maximum absolute atomic E-state index is 13.1. The van der Waals surface area contributed by atoms with E-state index in [-0.39, 0.29) is 12.8 Å². The minimum atomic E-state index is -2.40. The van der Waals surface area contributed by atoms with E-state index in [2.05, 4.69) is 26.1 Å². The van der Waals surface area contributed by atoms with Crippen molar-refractivity contribution in [3.63, 3.8) is 0 Å². The van der Waals surface area contributed by atoms with E-state index >= 15 is 0 Å². The average Bonchev–Trinajstić information content (AvgIpc) is 2.19. The molecule has 1 aliphatic rings. The van der Waals surface area contributed by atoms with Crippen LogP contribution in [0.15, 0.2) is 0 Å². The van der Waals surface area contributed by atoms with Gasteiger partial charge < -0.3 is 5.32 Å². The van der Waals surface area contributed by atoms with Gasteiger partial charge in [0.05, 0.1) is 0 Å². The molecule has 0 amide bonds. The van der Waals surface area contributed by atoms with Gasteiger partial charge in [-0.25, -0.2) is 8.78 Å². The Bertz CT molecular complexity index is 223. The van der Waals surface area contributed by atoms with E-state index in [0.717, 1.165) is 12.8 Å². The van der Waals surface area contributed by atoms with E-state index in [4.69, 9.17) is 0 Å². The summed E-state index contributed by atoms with van der Waals surface area (Å²) in [6.45, 7) is 6.69. The summed E-state index contributed by atoms with van der Waals surface area (Å²) >= 11 is 0. The van der Waals surface area contributed by atoms with Gasteiger partial charge in [-0.15, -0.1) is 0 Å². The zero-order chi connectivity index (χ0) is 13.1. The normalized spacial score (nSPS) is 23.6. The largest absolute Gasteiger partial charge is 0.317 e. The van der Waals surface area contributed by atoms with E-state index < -0.39 is 5.92 Å². The van der Waals surface area contributed by atoms with Gasteiger partial charge in [0.1, 0.15) is 0 Å². The number of hydrogen-bond acceptors (Lipinski definition) is 1. The first kappa shape index (κ1) is 14.9. The number of rotatable bonds is 4. The summed E-state index contributed by atoms with van der Waals surface area (Å²) in [5, 5.41) is 3.33. The first-order chi connectivity index (χ1) is 7.73. The van der Waals surface area contributed by atoms with Crippen molar-refractivity contribution in [2.45, 2.75) is 71.3 Å². The fourth-order valence-corrected chi connectivity index (χ4v) is 2.67. The quantitative estimate of drug-likeness (QED) is 0.784. The average molecular weight is 247 g/mol. The van der Waals surface area contributed by atoms with Gasteiger partial charge in [-0.3, -0.25) is 0 Å². The molecule has 1 fully saturated rings. The van der Waals surface area contributed by atoms with Crippen molar-refractivity contribution < 1.29 is 8.78 Å². The topological polar surface area (TPSA) is 12.0 Å². The molecule has 1 nitrogen and oxygen atoms in total. The Labute approximate surface area is 104 Å². The molecule has 1 atom stereocenters. The molecule has 0 aromatic carbocycles. The predicted molar refractivity (Wildman–Crippen MR) is 68.4 cm³/mol. The van der Waals surface area contributed by atoms with Crippen molar-refractivity contribution in [2.24, 2.45) is 11.3 Å². The van der Waals surface area contributed by atoms with Gasteiger partial charge in [0.15, 0.2) is 0 Å². The Morgan fingerprint density at radius 3 is 2.18 bits per heavy atom. The van der Waals surface area contributed by atoms with Crippen LogP contribution in [0.3, 0.4) is 0 Å². The summed E-state index contributed by atoms with van der Waals surface area (Å²) < 4.78 is 26.2. The molecule has 0 heterocycles. The fourth-order valence-electron chi connectivity index (χ4n) is 2.67. The number of nitrogens with one attached hydrogen (secondary N) is 1. The SMILES string of the molecule is CNC(CCC(C)(C)C)C1CCC(F)(F)CC1. The summed E-state index contributed by atoms with van der Waals surface area (Å²) in [4.78, 5) is 0. The van der Waals surface area contributed by atoms with Crippen molar-refractivity contribution in [1.29, 1.82) is 0 Å². The van der Waals surface area contributed by atoms with E-state index in [1.54, 1.807) is 0 Å². The Hall–Kier alpha value is -0.180. The molecule has 0 radical (unpaired) electrons. The monoisotopic (exact) mass is 247 g/mol. The van der Waals surface area contributed by atoms with Gasteiger partial charge in [-0.1, -0.05) is 20.8 Å². The molecule has 1 aliphatic carbocycles. The molecule has 0 aromatic heterocycles. The maximum atomic E-state index is 13.1. The highest BCUT2D eigenvalue weighted by atomic mass is 19.3. The molecular weight excluding hydrogens is 220 g/mol. The molecule has 0 spiro atoms. The Morgan fingerprint density at radius 1 is 1.24 bits per heavy atom. The van der Waals surface area contributed by atoms with Crippen molar-refractivity contribution >= 4 is 0 Å². The summed E-state index contributed by atoms with van der Waals surface area (Å²) in [6.07, 6.45) is 3.73. The number of alkyl halides is 2. The summed E-state index contributed by atoms with van der Waals surface area (Å²) in [7, 11) is 1.96. The lowest BCUT2D eigenvalue weighted by Crippen LogP contribution is -2.38. The minimum Gasteiger partial charge on any atom is -0.317 e. The van der Waals surface area contributed by atoms with Crippen molar-refractivity contribution in [1.82, 2.24) is 5.32 Å². The molecule has 0 aromatic rings. The summed E-state index contributed by atoms with van der Waals surface area (Å²) in [5.41, 5.74) is 0.327. The third kappa shape index (κ3) is 5.33. The summed E-state index contributed by atoms with van der Waals surface area (Å²) in [5.74, 6) is -1.97. The molecule has 0 aliphatic heterocycles. The van der Waals surface area contributed by atoms with Crippen molar-refractivity contribution in [3.05, 3.63) is 0 Å². The van der Waals surface area contributed by atoms with Crippen molar-refractivity contribution in [3.8, 4) is 0 Å².